The summed E-state index contributed by atoms with van der Waals surface area (Å²) in [4.78, 5) is 24.5. The summed E-state index contributed by atoms with van der Waals surface area (Å²) in [5.74, 6) is -0.560. The van der Waals surface area contributed by atoms with Gasteiger partial charge in [0.05, 0.1) is 18.7 Å². The molecule has 3 aromatic rings. The molecule has 1 N–H and O–H groups in total. The van der Waals surface area contributed by atoms with Gasteiger partial charge in [-0.15, -0.1) is 0 Å². The zero-order valence-corrected chi connectivity index (χ0v) is 17.5. The van der Waals surface area contributed by atoms with E-state index in [0.717, 1.165) is 16.7 Å². The highest BCUT2D eigenvalue weighted by Crippen LogP contribution is 2.18. The predicted molar refractivity (Wildman–Crippen MR) is 120 cm³/mol. The van der Waals surface area contributed by atoms with Gasteiger partial charge in [0.1, 0.15) is 0 Å². The van der Waals surface area contributed by atoms with Crippen molar-refractivity contribution in [3.8, 4) is 0 Å². The Hall–Kier alpha value is -3.37. The van der Waals surface area contributed by atoms with Crippen LogP contribution in [0, 0.1) is 0 Å². The Labute approximate surface area is 181 Å². The molecule has 0 aromatic heterocycles. The largest absolute Gasteiger partial charge is 0.465 e. The first-order chi connectivity index (χ1) is 14.5. The molecule has 0 fully saturated rings. The van der Waals surface area contributed by atoms with Crippen LogP contribution in [0.2, 0.25) is 5.02 Å². The third-order valence-electron chi connectivity index (χ3n) is 4.71. The summed E-state index contributed by atoms with van der Waals surface area (Å²) < 4.78 is 4.71. The quantitative estimate of drug-likeness (QED) is 0.406. The highest BCUT2D eigenvalue weighted by Gasteiger charge is 2.14. The first kappa shape index (κ1) is 21.3. The van der Waals surface area contributed by atoms with Crippen LogP contribution in [0.3, 0.4) is 0 Å². The van der Waals surface area contributed by atoms with Crippen molar-refractivity contribution in [2.45, 2.75) is 13.0 Å². The normalized spacial score (nSPS) is 11.8. The molecular formula is C25H22ClNO3. The lowest BCUT2D eigenvalue weighted by molar-refractivity contribution is 0.0600. The van der Waals surface area contributed by atoms with E-state index in [9.17, 15) is 9.59 Å². The van der Waals surface area contributed by atoms with E-state index < -0.39 is 0 Å². The summed E-state index contributed by atoms with van der Waals surface area (Å²) in [6.07, 6.45) is 3.85. The second-order valence-electron chi connectivity index (χ2n) is 6.78. The van der Waals surface area contributed by atoms with E-state index in [1.165, 1.54) is 7.11 Å². The van der Waals surface area contributed by atoms with Crippen LogP contribution in [0.1, 0.15) is 50.4 Å². The van der Waals surface area contributed by atoms with Crippen molar-refractivity contribution in [3.63, 3.8) is 0 Å². The van der Waals surface area contributed by atoms with Gasteiger partial charge in [-0.2, -0.15) is 0 Å². The van der Waals surface area contributed by atoms with E-state index in [1.807, 2.05) is 73.7 Å². The zero-order chi connectivity index (χ0) is 21.5. The van der Waals surface area contributed by atoms with E-state index in [1.54, 1.807) is 18.2 Å². The van der Waals surface area contributed by atoms with E-state index in [-0.39, 0.29) is 17.9 Å². The van der Waals surface area contributed by atoms with Crippen LogP contribution >= 0.6 is 11.6 Å². The van der Waals surface area contributed by atoms with Gasteiger partial charge >= 0.3 is 5.97 Å². The molecule has 152 valence electrons. The monoisotopic (exact) mass is 419 g/mol. The maximum absolute atomic E-state index is 12.9. The van der Waals surface area contributed by atoms with Gasteiger partial charge in [0.2, 0.25) is 0 Å². The molecule has 5 heteroatoms. The van der Waals surface area contributed by atoms with Crippen molar-refractivity contribution in [2.24, 2.45) is 0 Å². The van der Waals surface area contributed by atoms with E-state index >= 15 is 0 Å². The van der Waals surface area contributed by atoms with Crippen molar-refractivity contribution in [1.29, 1.82) is 0 Å². The van der Waals surface area contributed by atoms with E-state index in [0.29, 0.717) is 16.1 Å². The third-order valence-corrected chi connectivity index (χ3v) is 4.96. The van der Waals surface area contributed by atoms with Gasteiger partial charge in [-0.05, 0) is 53.9 Å². The standard InChI is InChI=1S/C25H22ClNO3/c1-17(19-11-13-21(14-12-19)25(29)30-2)27-24(28)23-6-4-3-5-20(23)10-7-18-8-15-22(26)16-9-18/h3-17H,1-2H3,(H,27,28)/t17-/m0/s1. The molecule has 0 aliphatic heterocycles. The first-order valence-corrected chi connectivity index (χ1v) is 9.87. The number of ether oxygens (including phenoxy) is 1. The van der Waals surface area contributed by atoms with Crippen LogP contribution in [0.25, 0.3) is 12.2 Å². The fraction of sp³-hybridized carbons (Fsp3) is 0.120. The van der Waals surface area contributed by atoms with Crippen LogP contribution < -0.4 is 5.32 Å². The zero-order valence-electron chi connectivity index (χ0n) is 16.8. The topological polar surface area (TPSA) is 55.4 Å². The number of hydrogen-bond acceptors (Lipinski definition) is 3. The molecule has 0 bridgehead atoms. The summed E-state index contributed by atoms with van der Waals surface area (Å²) in [6.45, 7) is 1.90. The summed E-state index contributed by atoms with van der Waals surface area (Å²) >= 11 is 5.93. The summed E-state index contributed by atoms with van der Waals surface area (Å²) in [6, 6.07) is 21.7. The van der Waals surface area contributed by atoms with E-state index in [2.05, 4.69) is 5.32 Å². The number of carbonyl (C=O) groups excluding carboxylic acids is 2. The lowest BCUT2D eigenvalue weighted by Gasteiger charge is -2.16. The maximum atomic E-state index is 12.9. The van der Waals surface area contributed by atoms with Gasteiger partial charge < -0.3 is 10.1 Å². The predicted octanol–water partition coefficient (Wildman–Crippen LogP) is 5.79. The van der Waals surface area contributed by atoms with Gasteiger partial charge in [-0.25, -0.2) is 4.79 Å². The number of rotatable bonds is 6. The number of hydrogen-bond donors (Lipinski definition) is 1. The molecule has 0 aliphatic rings. The molecule has 1 atom stereocenters. The minimum atomic E-state index is -0.389. The Morgan fingerprint density at radius 2 is 1.60 bits per heavy atom. The molecule has 0 saturated heterocycles. The number of methoxy groups -OCH3 is 1. The Morgan fingerprint density at radius 1 is 0.933 bits per heavy atom. The molecule has 0 radical (unpaired) electrons. The fourth-order valence-corrected chi connectivity index (χ4v) is 3.12. The van der Waals surface area contributed by atoms with Crippen molar-refractivity contribution in [2.75, 3.05) is 7.11 Å². The molecule has 0 unspecified atom stereocenters. The minimum Gasteiger partial charge on any atom is -0.465 e. The van der Waals surface area contributed by atoms with Gasteiger partial charge in [-0.1, -0.05) is 66.2 Å². The van der Waals surface area contributed by atoms with Crippen molar-refractivity contribution >= 4 is 35.6 Å². The number of nitrogens with one attached hydrogen (secondary N) is 1. The Balaban J connectivity index is 1.74. The van der Waals surface area contributed by atoms with Crippen LogP contribution in [-0.2, 0) is 4.74 Å². The highest BCUT2D eigenvalue weighted by atomic mass is 35.5. The van der Waals surface area contributed by atoms with Crippen LogP contribution in [-0.4, -0.2) is 19.0 Å². The smallest absolute Gasteiger partial charge is 0.337 e. The SMILES string of the molecule is COC(=O)c1ccc([C@H](C)NC(=O)c2ccccc2C=Cc2ccc(Cl)cc2)cc1. The van der Waals surface area contributed by atoms with Crippen LogP contribution in [0.15, 0.2) is 72.8 Å². The van der Waals surface area contributed by atoms with Gasteiger partial charge in [0.15, 0.2) is 0 Å². The van der Waals surface area contributed by atoms with Crippen molar-refractivity contribution in [3.05, 3.63) is 106 Å². The van der Waals surface area contributed by atoms with Crippen LogP contribution in [0.4, 0.5) is 0 Å². The summed E-state index contributed by atoms with van der Waals surface area (Å²) in [7, 11) is 1.35. The molecule has 3 rings (SSSR count). The Bertz CT molecular complexity index is 1060. The van der Waals surface area contributed by atoms with Gasteiger partial charge in [-0.3, -0.25) is 4.79 Å². The second-order valence-corrected chi connectivity index (χ2v) is 7.22. The molecule has 4 nitrogen and oxygen atoms in total. The Morgan fingerprint density at radius 3 is 2.27 bits per heavy atom. The molecule has 1 amide bonds. The summed E-state index contributed by atoms with van der Waals surface area (Å²) in [5.41, 5.74) is 3.76. The maximum Gasteiger partial charge on any atom is 0.337 e. The lowest BCUT2D eigenvalue weighted by Crippen LogP contribution is -2.27. The highest BCUT2D eigenvalue weighted by molar-refractivity contribution is 6.30. The average molecular weight is 420 g/mol. The third kappa shape index (κ3) is 5.37. The Kier molecular flexibility index (Phi) is 7.04. The number of halogens is 1. The average Bonchev–Trinajstić information content (AvgIpc) is 2.78. The van der Waals surface area contributed by atoms with Crippen molar-refractivity contribution < 1.29 is 14.3 Å². The number of esters is 1. The fourth-order valence-electron chi connectivity index (χ4n) is 2.99. The molecule has 30 heavy (non-hydrogen) atoms. The van der Waals surface area contributed by atoms with Gasteiger partial charge in [0, 0.05) is 10.6 Å². The van der Waals surface area contributed by atoms with Gasteiger partial charge in [0.25, 0.3) is 5.91 Å². The van der Waals surface area contributed by atoms with E-state index in [4.69, 9.17) is 16.3 Å². The lowest BCUT2D eigenvalue weighted by atomic mass is 10.0. The van der Waals surface area contributed by atoms with Crippen LogP contribution in [0.5, 0.6) is 0 Å². The minimum absolute atomic E-state index is 0.170. The van der Waals surface area contributed by atoms with Crippen molar-refractivity contribution in [1.82, 2.24) is 5.32 Å². The second kappa shape index (κ2) is 9.90. The molecule has 0 aliphatic carbocycles. The molecule has 0 saturated carbocycles. The number of benzene rings is 3. The first-order valence-electron chi connectivity index (χ1n) is 9.50. The molecule has 0 spiro atoms. The summed E-state index contributed by atoms with van der Waals surface area (Å²) in [5, 5.41) is 3.70. The number of amides is 1. The molecular weight excluding hydrogens is 398 g/mol. The molecule has 0 heterocycles. The molecule has 3 aromatic carbocycles. The number of carbonyl (C=O) groups is 2.